The van der Waals surface area contributed by atoms with Crippen LogP contribution in [0.15, 0.2) is 0 Å². The fourth-order valence-electron chi connectivity index (χ4n) is 2.34. The zero-order chi connectivity index (χ0) is 10.4. The Hall–Kier alpha value is -0.130. The summed E-state index contributed by atoms with van der Waals surface area (Å²) in [6.45, 7) is 0.317. The standard InChI is InChI=1S/C9H17NO3S/c1-10-8(7-13-14(2,11)12)3-4-9(10)5-6-9/h8H,3-7H2,1-2H3. The van der Waals surface area contributed by atoms with E-state index in [-0.39, 0.29) is 6.04 Å². The minimum Gasteiger partial charge on any atom is -0.295 e. The lowest BCUT2D eigenvalue weighted by Crippen LogP contribution is -2.36. The summed E-state index contributed by atoms with van der Waals surface area (Å²) in [6, 6.07) is 0.284. The van der Waals surface area contributed by atoms with Crippen LogP contribution in [0.3, 0.4) is 0 Å². The molecule has 5 heteroatoms. The van der Waals surface area contributed by atoms with Crippen molar-refractivity contribution in [2.45, 2.75) is 37.3 Å². The third kappa shape index (κ3) is 1.94. The van der Waals surface area contributed by atoms with E-state index >= 15 is 0 Å². The lowest BCUT2D eigenvalue weighted by molar-refractivity contribution is 0.163. The van der Waals surface area contributed by atoms with Gasteiger partial charge in [-0.2, -0.15) is 8.42 Å². The molecule has 2 rings (SSSR count). The van der Waals surface area contributed by atoms with Crippen LogP contribution in [0.4, 0.5) is 0 Å². The maximum atomic E-state index is 10.8. The van der Waals surface area contributed by atoms with Crippen LogP contribution in [-0.4, -0.2) is 44.8 Å². The number of nitrogens with zero attached hydrogens (tertiary/aromatic N) is 1. The van der Waals surface area contributed by atoms with Gasteiger partial charge in [-0.15, -0.1) is 0 Å². The number of likely N-dealkylation sites (tertiary alicyclic amines) is 1. The van der Waals surface area contributed by atoms with Gasteiger partial charge in [0.15, 0.2) is 0 Å². The minimum atomic E-state index is -3.28. The van der Waals surface area contributed by atoms with Crippen molar-refractivity contribution in [3.8, 4) is 0 Å². The fourth-order valence-corrected chi connectivity index (χ4v) is 2.74. The summed E-state index contributed by atoms with van der Waals surface area (Å²) >= 11 is 0. The number of hydrogen-bond donors (Lipinski definition) is 0. The molecule has 14 heavy (non-hydrogen) atoms. The second-order valence-corrected chi connectivity index (χ2v) is 6.16. The van der Waals surface area contributed by atoms with Crippen LogP contribution in [0.25, 0.3) is 0 Å². The SMILES string of the molecule is CN1C(COS(C)(=O)=O)CCC12CC2. The Labute approximate surface area is 85.4 Å². The fraction of sp³-hybridized carbons (Fsp3) is 1.00. The molecule has 1 saturated carbocycles. The van der Waals surface area contributed by atoms with Crippen LogP contribution in [0, 0.1) is 0 Å². The molecule has 82 valence electrons. The highest BCUT2D eigenvalue weighted by molar-refractivity contribution is 7.85. The van der Waals surface area contributed by atoms with Crippen LogP contribution >= 0.6 is 0 Å². The summed E-state index contributed by atoms with van der Waals surface area (Å²) in [7, 11) is -1.20. The summed E-state index contributed by atoms with van der Waals surface area (Å²) < 4.78 is 26.5. The molecule has 0 aromatic rings. The number of rotatable bonds is 3. The Morgan fingerprint density at radius 2 is 2.07 bits per heavy atom. The largest absolute Gasteiger partial charge is 0.295 e. The molecule has 1 heterocycles. The van der Waals surface area contributed by atoms with E-state index in [1.165, 1.54) is 19.3 Å². The first-order valence-electron chi connectivity index (χ1n) is 5.00. The maximum Gasteiger partial charge on any atom is 0.264 e. The molecule has 2 aliphatic rings. The van der Waals surface area contributed by atoms with Crippen molar-refractivity contribution in [1.82, 2.24) is 4.90 Å². The predicted molar refractivity (Wildman–Crippen MR) is 53.5 cm³/mol. The van der Waals surface area contributed by atoms with E-state index in [0.29, 0.717) is 12.1 Å². The summed E-state index contributed by atoms with van der Waals surface area (Å²) in [5.41, 5.74) is 0.408. The quantitative estimate of drug-likeness (QED) is 0.652. The Morgan fingerprint density at radius 3 is 2.50 bits per heavy atom. The molecule has 0 bridgehead atoms. The monoisotopic (exact) mass is 219 g/mol. The van der Waals surface area contributed by atoms with Gasteiger partial charge in [-0.25, -0.2) is 0 Å². The van der Waals surface area contributed by atoms with E-state index in [4.69, 9.17) is 4.18 Å². The van der Waals surface area contributed by atoms with Gasteiger partial charge in [0.05, 0.1) is 12.9 Å². The maximum absolute atomic E-state index is 10.8. The first kappa shape index (κ1) is 10.4. The summed E-state index contributed by atoms with van der Waals surface area (Å²) in [5.74, 6) is 0. The molecule has 1 spiro atoms. The number of likely N-dealkylation sites (N-methyl/N-ethyl adjacent to an activating group) is 1. The summed E-state index contributed by atoms with van der Waals surface area (Å²) in [4.78, 5) is 2.30. The molecule has 0 aromatic carbocycles. The average molecular weight is 219 g/mol. The van der Waals surface area contributed by atoms with E-state index < -0.39 is 10.1 Å². The van der Waals surface area contributed by atoms with Crippen molar-refractivity contribution in [3.63, 3.8) is 0 Å². The minimum absolute atomic E-state index is 0.284. The second kappa shape index (κ2) is 3.18. The van der Waals surface area contributed by atoms with Crippen molar-refractivity contribution in [2.24, 2.45) is 0 Å². The van der Waals surface area contributed by atoms with Crippen LogP contribution in [0.2, 0.25) is 0 Å². The van der Waals surface area contributed by atoms with Gasteiger partial charge < -0.3 is 0 Å². The zero-order valence-corrected chi connectivity index (χ0v) is 9.51. The van der Waals surface area contributed by atoms with Crippen LogP contribution < -0.4 is 0 Å². The average Bonchev–Trinajstić information content (AvgIpc) is 2.76. The van der Waals surface area contributed by atoms with Crippen LogP contribution in [-0.2, 0) is 14.3 Å². The van der Waals surface area contributed by atoms with E-state index in [1.54, 1.807) is 0 Å². The molecular formula is C9H17NO3S. The van der Waals surface area contributed by atoms with Gasteiger partial charge in [0.2, 0.25) is 0 Å². The highest BCUT2D eigenvalue weighted by atomic mass is 32.2. The van der Waals surface area contributed by atoms with Gasteiger partial charge in [0.1, 0.15) is 0 Å². The Balaban J connectivity index is 1.88. The molecule has 1 saturated heterocycles. The molecule has 0 N–H and O–H groups in total. The molecule has 0 aromatic heterocycles. The van der Waals surface area contributed by atoms with E-state index in [1.807, 2.05) is 0 Å². The first-order chi connectivity index (χ1) is 6.43. The van der Waals surface area contributed by atoms with Crippen molar-refractivity contribution in [1.29, 1.82) is 0 Å². The van der Waals surface area contributed by atoms with Gasteiger partial charge in [-0.3, -0.25) is 9.08 Å². The van der Waals surface area contributed by atoms with Crippen molar-refractivity contribution in [2.75, 3.05) is 19.9 Å². The van der Waals surface area contributed by atoms with E-state index in [0.717, 1.165) is 12.7 Å². The molecule has 1 atom stereocenters. The molecule has 1 unspecified atom stereocenters. The third-order valence-corrected chi connectivity index (χ3v) is 4.10. The van der Waals surface area contributed by atoms with Crippen LogP contribution in [0.5, 0.6) is 0 Å². The predicted octanol–water partition coefficient (Wildman–Crippen LogP) is 0.589. The molecule has 1 aliphatic heterocycles. The van der Waals surface area contributed by atoms with Gasteiger partial charge in [-0.1, -0.05) is 0 Å². The van der Waals surface area contributed by atoms with Gasteiger partial charge in [-0.05, 0) is 32.7 Å². The lowest BCUT2D eigenvalue weighted by Gasteiger charge is -2.24. The van der Waals surface area contributed by atoms with Crippen molar-refractivity contribution >= 4 is 10.1 Å². The Kier molecular flexibility index (Phi) is 2.36. The van der Waals surface area contributed by atoms with E-state index in [9.17, 15) is 8.42 Å². The topological polar surface area (TPSA) is 46.6 Å². The molecule has 4 nitrogen and oxygen atoms in total. The Morgan fingerprint density at radius 1 is 1.43 bits per heavy atom. The molecule has 1 aliphatic carbocycles. The first-order valence-corrected chi connectivity index (χ1v) is 6.82. The molecule has 0 radical (unpaired) electrons. The third-order valence-electron chi connectivity index (χ3n) is 3.54. The Bertz CT molecular complexity index is 321. The van der Waals surface area contributed by atoms with Crippen molar-refractivity contribution in [3.05, 3.63) is 0 Å². The summed E-state index contributed by atoms with van der Waals surface area (Å²) in [6.07, 6.45) is 5.89. The summed E-state index contributed by atoms with van der Waals surface area (Å²) in [5, 5.41) is 0. The zero-order valence-electron chi connectivity index (χ0n) is 8.69. The van der Waals surface area contributed by atoms with Gasteiger partial charge >= 0.3 is 0 Å². The smallest absolute Gasteiger partial charge is 0.264 e. The molecule has 0 amide bonds. The molecular weight excluding hydrogens is 202 g/mol. The number of hydrogen-bond acceptors (Lipinski definition) is 4. The molecule has 2 fully saturated rings. The van der Waals surface area contributed by atoms with Gasteiger partial charge in [0, 0.05) is 11.6 Å². The van der Waals surface area contributed by atoms with Crippen molar-refractivity contribution < 1.29 is 12.6 Å². The van der Waals surface area contributed by atoms with Gasteiger partial charge in [0.25, 0.3) is 10.1 Å². The highest BCUT2D eigenvalue weighted by Gasteiger charge is 2.52. The normalized spacial score (nSPS) is 31.1. The van der Waals surface area contributed by atoms with Crippen LogP contribution in [0.1, 0.15) is 25.7 Å². The van der Waals surface area contributed by atoms with E-state index in [2.05, 4.69) is 11.9 Å². The highest BCUT2D eigenvalue weighted by Crippen LogP contribution is 2.50. The second-order valence-electron chi connectivity index (χ2n) is 4.52. The lowest BCUT2D eigenvalue weighted by atomic mass is 10.2.